The Balaban J connectivity index is 1.40. The van der Waals surface area contributed by atoms with Gasteiger partial charge >= 0.3 is 0 Å². The summed E-state index contributed by atoms with van der Waals surface area (Å²) >= 11 is 4.83. The highest BCUT2D eigenvalue weighted by Crippen LogP contribution is 2.28. The van der Waals surface area contributed by atoms with E-state index in [0.717, 1.165) is 26.7 Å². The smallest absolute Gasteiger partial charge is 0.255 e. The molecule has 1 saturated heterocycles. The summed E-state index contributed by atoms with van der Waals surface area (Å²) in [5.74, 6) is 0.924. The Bertz CT molecular complexity index is 1030. The van der Waals surface area contributed by atoms with Crippen LogP contribution in [0.4, 0.5) is 0 Å². The second-order valence-electron chi connectivity index (χ2n) is 6.93. The minimum atomic E-state index is -0.454. The second kappa shape index (κ2) is 8.69. The molecule has 3 aromatic rings. The van der Waals surface area contributed by atoms with Crippen LogP contribution in [0.2, 0.25) is 0 Å². The van der Waals surface area contributed by atoms with Crippen molar-refractivity contribution < 1.29 is 9.59 Å². The van der Waals surface area contributed by atoms with Crippen molar-refractivity contribution in [2.45, 2.75) is 26.4 Å². The van der Waals surface area contributed by atoms with Crippen LogP contribution >= 0.6 is 34.4 Å². The average molecular weight is 444 g/mol. The number of thiophene rings is 1. The van der Waals surface area contributed by atoms with Gasteiger partial charge in [0.25, 0.3) is 5.91 Å². The first-order valence-electron chi connectivity index (χ1n) is 9.25. The molecule has 0 aliphatic carbocycles. The predicted octanol–water partition coefficient (Wildman–Crippen LogP) is 4.32. The zero-order valence-corrected chi connectivity index (χ0v) is 18.6. The topological polar surface area (TPSA) is 62.3 Å². The predicted molar refractivity (Wildman–Crippen MR) is 120 cm³/mol. The van der Waals surface area contributed by atoms with Crippen molar-refractivity contribution >= 4 is 46.2 Å². The first-order valence-corrected chi connectivity index (χ1v) is 12.2. The Labute approximate surface area is 182 Å². The molecule has 1 fully saturated rings. The number of aromatic nitrogens is 1. The number of benzene rings is 1. The van der Waals surface area contributed by atoms with Crippen LogP contribution in [-0.4, -0.2) is 39.4 Å². The van der Waals surface area contributed by atoms with Crippen LogP contribution < -0.4 is 5.32 Å². The van der Waals surface area contributed by atoms with Crippen LogP contribution in [0.25, 0.3) is 9.88 Å². The van der Waals surface area contributed by atoms with Gasteiger partial charge in [0.2, 0.25) is 5.91 Å². The normalized spacial score (nSPS) is 16.2. The molecule has 0 saturated carbocycles. The number of hydrogen-bond donors (Lipinski definition) is 1. The van der Waals surface area contributed by atoms with Gasteiger partial charge in [-0.1, -0.05) is 12.1 Å². The molecule has 5 nitrogen and oxygen atoms in total. The number of thiazole rings is 1. The van der Waals surface area contributed by atoms with Gasteiger partial charge < -0.3 is 10.2 Å². The standard InChI is InChI=1S/C21H21N3O2S3/c1-13-5-6-15(8-14(13)2)21(26)24-12-27-11-17(24)19(25)22-9-16-10-29-20(23-16)18-4-3-7-28-18/h3-8,10,17H,9,11-12H2,1-2H3,(H,22,25). The van der Waals surface area contributed by atoms with Crippen LogP contribution in [-0.2, 0) is 11.3 Å². The van der Waals surface area contributed by atoms with Gasteiger partial charge in [0.05, 0.1) is 23.0 Å². The monoisotopic (exact) mass is 443 g/mol. The highest BCUT2D eigenvalue weighted by Gasteiger charge is 2.35. The highest BCUT2D eigenvalue weighted by atomic mass is 32.2. The van der Waals surface area contributed by atoms with Gasteiger partial charge in [-0.3, -0.25) is 9.59 Å². The van der Waals surface area contributed by atoms with E-state index in [2.05, 4.69) is 10.3 Å². The van der Waals surface area contributed by atoms with Crippen molar-refractivity contribution in [1.82, 2.24) is 15.2 Å². The van der Waals surface area contributed by atoms with Crippen LogP contribution in [0.5, 0.6) is 0 Å². The van der Waals surface area contributed by atoms with Gasteiger partial charge in [-0.25, -0.2) is 4.98 Å². The molecule has 1 aromatic carbocycles. The minimum absolute atomic E-state index is 0.0908. The van der Waals surface area contributed by atoms with Crippen LogP contribution in [0.3, 0.4) is 0 Å². The third-order valence-electron chi connectivity index (χ3n) is 4.93. The Morgan fingerprint density at radius 1 is 1.21 bits per heavy atom. The van der Waals surface area contributed by atoms with E-state index in [4.69, 9.17) is 0 Å². The summed E-state index contributed by atoms with van der Waals surface area (Å²) in [5.41, 5.74) is 3.70. The number of hydrogen-bond acceptors (Lipinski definition) is 6. The van der Waals surface area contributed by atoms with Crippen molar-refractivity contribution in [3.8, 4) is 9.88 Å². The highest BCUT2D eigenvalue weighted by molar-refractivity contribution is 7.99. The molecule has 1 atom stereocenters. The van der Waals surface area contributed by atoms with E-state index >= 15 is 0 Å². The van der Waals surface area contributed by atoms with Gasteiger partial charge in [-0.05, 0) is 48.6 Å². The van der Waals surface area contributed by atoms with Gasteiger partial charge in [-0.15, -0.1) is 34.4 Å². The third kappa shape index (κ3) is 4.39. The fourth-order valence-corrected chi connectivity index (χ4v) is 5.89. The molecule has 29 heavy (non-hydrogen) atoms. The first kappa shape index (κ1) is 20.1. The summed E-state index contributed by atoms with van der Waals surface area (Å²) in [6.07, 6.45) is 0. The molecule has 8 heteroatoms. The molecule has 0 bridgehead atoms. The molecule has 150 valence electrons. The van der Waals surface area contributed by atoms with Crippen molar-refractivity contribution in [1.29, 1.82) is 0 Å². The SMILES string of the molecule is Cc1ccc(C(=O)N2CSCC2C(=O)NCc2csc(-c3cccs3)n2)cc1C. The number of carbonyl (C=O) groups is 2. The Morgan fingerprint density at radius 3 is 2.83 bits per heavy atom. The van der Waals surface area contributed by atoms with E-state index in [1.165, 1.54) is 0 Å². The van der Waals surface area contributed by atoms with Crippen molar-refractivity contribution in [2.75, 3.05) is 11.6 Å². The quantitative estimate of drug-likeness (QED) is 0.638. The summed E-state index contributed by atoms with van der Waals surface area (Å²) in [7, 11) is 0. The number of carbonyl (C=O) groups excluding carboxylic acids is 2. The van der Waals surface area contributed by atoms with Crippen molar-refractivity contribution in [2.24, 2.45) is 0 Å². The van der Waals surface area contributed by atoms with Crippen molar-refractivity contribution in [3.63, 3.8) is 0 Å². The van der Waals surface area contributed by atoms with Gasteiger partial charge in [0, 0.05) is 16.7 Å². The van der Waals surface area contributed by atoms with E-state index in [1.807, 2.05) is 54.9 Å². The lowest BCUT2D eigenvalue weighted by molar-refractivity contribution is -0.124. The van der Waals surface area contributed by atoms with E-state index in [9.17, 15) is 9.59 Å². The fourth-order valence-electron chi connectivity index (χ4n) is 3.10. The summed E-state index contributed by atoms with van der Waals surface area (Å²) in [5, 5.41) is 7.92. The third-order valence-corrected chi connectivity index (χ3v) is 7.87. The second-order valence-corrected chi connectivity index (χ2v) is 9.73. The maximum absolute atomic E-state index is 13.0. The Hall–Kier alpha value is -2.16. The molecule has 4 rings (SSSR count). The van der Waals surface area contributed by atoms with E-state index in [-0.39, 0.29) is 11.8 Å². The van der Waals surface area contributed by atoms with Crippen LogP contribution in [0, 0.1) is 13.8 Å². The number of amides is 2. The number of aryl methyl sites for hydroxylation is 2. The van der Waals surface area contributed by atoms with E-state index < -0.39 is 6.04 Å². The number of nitrogens with one attached hydrogen (secondary N) is 1. The zero-order chi connectivity index (χ0) is 20.4. The minimum Gasteiger partial charge on any atom is -0.349 e. The molecular weight excluding hydrogens is 422 g/mol. The van der Waals surface area contributed by atoms with Gasteiger partial charge in [-0.2, -0.15) is 0 Å². The fraction of sp³-hybridized carbons (Fsp3) is 0.286. The number of rotatable bonds is 5. The summed E-state index contributed by atoms with van der Waals surface area (Å²) in [6, 6.07) is 9.28. The first-order chi connectivity index (χ1) is 14.0. The summed E-state index contributed by atoms with van der Waals surface area (Å²) < 4.78 is 0. The zero-order valence-electron chi connectivity index (χ0n) is 16.2. The molecule has 2 aromatic heterocycles. The lowest BCUT2D eigenvalue weighted by Crippen LogP contribution is -2.47. The largest absolute Gasteiger partial charge is 0.349 e. The maximum Gasteiger partial charge on any atom is 0.255 e. The van der Waals surface area contributed by atoms with Crippen LogP contribution in [0.1, 0.15) is 27.2 Å². The molecule has 3 heterocycles. The lowest BCUT2D eigenvalue weighted by atomic mass is 10.1. The Morgan fingerprint density at radius 2 is 2.07 bits per heavy atom. The molecule has 1 unspecified atom stereocenters. The maximum atomic E-state index is 13.0. The molecule has 1 N–H and O–H groups in total. The van der Waals surface area contributed by atoms with Crippen molar-refractivity contribution in [3.05, 3.63) is 63.5 Å². The van der Waals surface area contributed by atoms with E-state index in [0.29, 0.717) is 23.7 Å². The molecule has 0 spiro atoms. The molecule has 2 amide bonds. The van der Waals surface area contributed by atoms with Crippen LogP contribution in [0.15, 0.2) is 41.1 Å². The number of nitrogens with zero attached hydrogens (tertiary/aromatic N) is 2. The summed E-state index contributed by atoms with van der Waals surface area (Å²) in [4.78, 5) is 33.1. The van der Waals surface area contributed by atoms with Gasteiger partial charge in [0.1, 0.15) is 11.0 Å². The lowest BCUT2D eigenvalue weighted by Gasteiger charge is -2.23. The molecular formula is C21H21N3O2S3. The van der Waals surface area contributed by atoms with Gasteiger partial charge in [0.15, 0.2) is 0 Å². The summed E-state index contributed by atoms with van der Waals surface area (Å²) in [6.45, 7) is 4.38. The molecule has 1 aliphatic rings. The average Bonchev–Trinajstić information content (AvgIpc) is 3.48. The molecule has 0 radical (unpaired) electrons. The number of thioether (sulfide) groups is 1. The van der Waals surface area contributed by atoms with E-state index in [1.54, 1.807) is 39.3 Å². The Kier molecular flexibility index (Phi) is 6.03. The molecule has 1 aliphatic heterocycles.